The van der Waals surface area contributed by atoms with Crippen LogP contribution in [0.4, 0.5) is 0 Å². The number of hydrogen-bond donors (Lipinski definition) is 0. The maximum atomic E-state index is 10.4. The van der Waals surface area contributed by atoms with E-state index in [-0.39, 0.29) is 17.5 Å². The van der Waals surface area contributed by atoms with E-state index >= 15 is 0 Å². The quantitative estimate of drug-likeness (QED) is 0.541. The van der Waals surface area contributed by atoms with Crippen molar-refractivity contribution in [2.24, 2.45) is 15.4 Å². The minimum absolute atomic E-state index is 0.127. The van der Waals surface area contributed by atoms with Gasteiger partial charge in [0.15, 0.2) is 0 Å². The molecule has 0 saturated heterocycles. The third-order valence-electron chi connectivity index (χ3n) is 3.94. The fraction of sp³-hybridized carbons (Fsp3) is 0.833. The lowest BCUT2D eigenvalue weighted by Crippen LogP contribution is -2.42. The monoisotopic (exact) mass is 222 g/mol. The summed E-state index contributed by atoms with van der Waals surface area (Å²) in [5.74, 6) is 0. The highest BCUT2D eigenvalue weighted by Gasteiger charge is 2.42. The zero-order valence-electron chi connectivity index (χ0n) is 9.90. The molecule has 4 nitrogen and oxygen atoms in total. The smallest absolute Gasteiger partial charge is 0.211 e. The molecule has 0 aromatic carbocycles. The lowest BCUT2D eigenvalue weighted by Gasteiger charge is -2.42. The molecule has 1 fully saturated rings. The van der Waals surface area contributed by atoms with Crippen molar-refractivity contribution in [2.45, 2.75) is 58.0 Å². The van der Waals surface area contributed by atoms with Crippen LogP contribution in [0.3, 0.4) is 0 Å². The number of nitrogens with zero attached hydrogens (tertiary/aromatic N) is 2. The van der Waals surface area contributed by atoms with Gasteiger partial charge in [0.05, 0.1) is 12.1 Å². The third-order valence-corrected chi connectivity index (χ3v) is 3.94. The minimum Gasteiger partial charge on any atom is -0.211 e. The van der Waals surface area contributed by atoms with E-state index in [0.717, 1.165) is 25.7 Å². The van der Waals surface area contributed by atoms with Gasteiger partial charge in [0, 0.05) is 5.41 Å². The van der Waals surface area contributed by atoms with Crippen LogP contribution in [0.2, 0.25) is 0 Å². The van der Waals surface area contributed by atoms with Crippen LogP contribution in [0.15, 0.2) is 9.98 Å². The Morgan fingerprint density at radius 2 is 1.38 bits per heavy atom. The average Bonchev–Trinajstić information content (AvgIpc) is 2.30. The fourth-order valence-corrected chi connectivity index (χ4v) is 2.81. The first-order chi connectivity index (χ1) is 7.67. The summed E-state index contributed by atoms with van der Waals surface area (Å²) in [4.78, 5) is 28.4. The minimum atomic E-state index is -0.160. The lowest BCUT2D eigenvalue weighted by atomic mass is 9.65. The van der Waals surface area contributed by atoms with E-state index in [2.05, 4.69) is 9.98 Å². The van der Waals surface area contributed by atoms with Gasteiger partial charge in [0.2, 0.25) is 12.2 Å². The standard InChI is InChI=1S/C12H18N2O2/c1-10(13-8-15)12(11(2)14-9-16)6-4-3-5-7-12/h10-11H,3-7H2,1-2H3. The van der Waals surface area contributed by atoms with Gasteiger partial charge in [0.1, 0.15) is 0 Å². The Kier molecular flexibility index (Phi) is 4.60. The number of hydrogen-bond acceptors (Lipinski definition) is 4. The molecule has 0 N–H and O–H groups in total. The normalized spacial score (nSPS) is 22.4. The molecule has 0 aromatic rings. The van der Waals surface area contributed by atoms with E-state index in [1.165, 1.54) is 6.42 Å². The van der Waals surface area contributed by atoms with E-state index < -0.39 is 0 Å². The van der Waals surface area contributed by atoms with Crippen molar-refractivity contribution in [1.82, 2.24) is 0 Å². The fourth-order valence-electron chi connectivity index (χ4n) is 2.81. The lowest BCUT2D eigenvalue weighted by molar-refractivity contribution is 0.124. The molecule has 16 heavy (non-hydrogen) atoms. The molecule has 0 radical (unpaired) electrons. The molecule has 1 aliphatic carbocycles. The molecule has 2 unspecified atom stereocenters. The van der Waals surface area contributed by atoms with Crippen LogP contribution in [0.5, 0.6) is 0 Å². The molecular weight excluding hydrogens is 204 g/mol. The number of aliphatic imine (C=N–C) groups is 2. The molecule has 4 heteroatoms. The molecule has 0 spiro atoms. The Labute approximate surface area is 95.9 Å². The van der Waals surface area contributed by atoms with E-state index in [1.54, 1.807) is 12.2 Å². The largest absolute Gasteiger partial charge is 0.235 e. The van der Waals surface area contributed by atoms with Crippen LogP contribution in [-0.4, -0.2) is 24.2 Å². The Morgan fingerprint density at radius 3 is 1.75 bits per heavy atom. The van der Waals surface area contributed by atoms with Crippen LogP contribution in [0.25, 0.3) is 0 Å². The Hall–Kier alpha value is -1.24. The second-order valence-electron chi connectivity index (χ2n) is 4.59. The van der Waals surface area contributed by atoms with Gasteiger partial charge in [-0.15, -0.1) is 0 Å². The van der Waals surface area contributed by atoms with Crippen molar-refractivity contribution < 1.29 is 9.59 Å². The van der Waals surface area contributed by atoms with Gasteiger partial charge in [0.25, 0.3) is 0 Å². The Morgan fingerprint density at radius 1 is 0.938 bits per heavy atom. The SMILES string of the molecule is CC(N=C=O)C1(C(C)N=C=O)CCCCC1. The first-order valence-corrected chi connectivity index (χ1v) is 5.81. The molecule has 1 aliphatic rings. The summed E-state index contributed by atoms with van der Waals surface area (Å²) in [5.41, 5.74) is -0.160. The molecule has 1 rings (SSSR count). The topological polar surface area (TPSA) is 58.9 Å². The van der Waals surface area contributed by atoms with Gasteiger partial charge in [-0.3, -0.25) is 0 Å². The second kappa shape index (κ2) is 5.74. The van der Waals surface area contributed by atoms with Crippen molar-refractivity contribution >= 4 is 12.2 Å². The van der Waals surface area contributed by atoms with Crippen LogP contribution in [0.1, 0.15) is 46.0 Å². The summed E-state index contributed by atoms with van der Waals surface area (Å²) in [6, 6.07) is -0.255. The molecule has 0 aliphatic heterocycles. The van der Waals surface area contributed by atoms with Gasteiger partial charge < -0.3 is 0 Å². The molecular formula is C12H18N2O2. The van der Waals surface area contributed by atoms with Crippen LogP contribution < -0.4 is 0 Å². The van der Waals surface area contributed by atoms with Gasteiger partial charge in [-0.05, 0) is 26.7 Å². The van der Waals surface area contributed by atoms with Gasteiger partial charge in [-0.1, -0.05) is 19.3 Å². The van der Waals surface area contributed by atoms with Crippen molar-refractivity contribution in [2.75, 3.05) is 0 Å². The first-order valence-electron chi connectivity index (χ1n) is 5.81. The number of rotatable bonds is 4. The molecule has 0 heterocycles. The summed E-state index contributed by atoms with van der Waals surface area (Å²) < 4.78 is 0. The molecule has 1 saturated carbocycles. The molecule has 88 valence electrons. The van der Waals surface area contributed by atoms with E-state index in [1.807, 2.05) is 13.8 Å². The third kappa shape index (κ3) is 2.46. The zero-order chi connectivity index (χ0) is 12.0. The zero-order valence-corrected chi connectivity index (χ0v) is 9.90. The second-order valence-corrected chi connectivity index (χ2v) is 4.59. The van der Waals surface area contributed by atoms with Crippen molar-refractivity contribution in [3.63, 3.8) is 0 Å². The Bertz CT molecular complexity index is 296. The number of isocyanates is 2. The maximum Gasteiger partial charge on any atom is 0.235 e. The summed E-state index contributed by atoms with van der Waals surface area (Å²) in [7, 11) is 0. The predicted octanol–water partition coefficient (Wildman–Crippen LogP) is 2.39. The van der Waals surface area contributed by atoms with Crippen LogP contribution in [0, 0.1) is 5.41 Å². The molecule has 2 atom stereocenters. The van der Waals surface area contributed by atoms with Gasteiger partial charge in [-0.25, -0.2) is 19.6 Å². The summed E-state index contributed by atoms with van der Waals surface area (Å²) in [5, 5.41) is 0. The summed E-state index contributed by atoms with van der Waals surface area (Å²) >= 11 is 0. The van der Waals surface area contributed by atoms with E-state index in [0.29, 0.717) is 0 Å². The number of carbonyl (C=O) groups excluding carboxylic acids is 2. The van der Waals surface area contributed by atoms with Gasteiger partial charge >= 0.3 is 0 Å². The molecule has 0 aromatic heterocycles. The van der Waals surface area contributed by atoms with E-state index in [4.69, 9.17) is 0 Å². The maximum absolute atomic E-state index is 10.4. The van der Waals surface area contributed by atoms with Crippen molar-refractivity contribution in [3.8, 4) is 0 Å². The Balaban J connectivity index is 2.98. The predicted molar refractivity (Wildman–Crippen MR) is 60.7 cm³/mol. The first kappa shape index (κ1) is 12.8. The van der Waals surface area contributed by atoms with Crippen LogP contribution >= 0.6 is 0 Å². The molecule has 0 bridgehead atoms. The van der Waals surface area contributed by atoms with Gasteiger partial charge in [-0.2, -0.15) is 0 Å². The van der Waals surface area contributed by atoms with E-state index in [9.17, 15) is 9.59 Å². The van der Waals surface area contributed by atoms with Crippen molar-refractivity contribution in [1.29, 1.82) is 0 Å². The highest BCUT2D eigenvalue weighted by Crippen LogP contribution is 2.44. The highest BCUT2D eigenvalue weighted by atomic mass is 16.1. The van der Waals surface area contributed by atoms with Crippen molar-refractivity contribution in [3.05, 3.63) is 0 Å². The average molecular weight is 222 g/mol. The highest BCUT2D eigenvalue weighted by molar-refractivity contribution is 5.35. The summed E-state index contributed by atoms with van der Waals surface area (Å²) in [6.07, 6.45) is 8.59. The molecule has 0 amide bonds. The summed E-state index contributed by atoms with van der Waals surface area (Å²) in [6.45, 7) is 3.82. The van der Waals surface area contributed by atoms with Crippen LogP contribution in [-0.2, 0) is 9.59 Å².